The smallest absolute Gasteiger partial charge is 0.255 e. The standard InChI is InChI=1S/C29H28BrClN6O3/c1-5-39-24-14-20(13-21(30)27(24)40-15-19-8-6-7-9-22(19)31)26-25(18(4)32-29-34-35-36-37(26)29)28(38)33-23-11-10-16(2)12-17(23)3/h6-14,26H,5,15H2,1-4H3,(H,33,38)(H,32,34,36). The van der Waals surface area contributed by atoms with Crippen molar-refractivity contribution in [3.05, 3.63) is 97.6 Å². The van der Waals surface area contributed by atoms with Gasteiger partial charge in [0.05, 0.1) is 16.7 Å². The number of allylic oxidation sites excluding steroid dienone is 1. The molecule has 1 atom stereocenters. The van der Waals surface area contributed by atoms with Crippen LogP contribution in [0.25, 0.3) is 0 Å². The average Bonchev–Trinajstić information content (AvgIpc) is 3.38. The molecule has 1 aliphatic heterocycles. The Morgan fingerprint density at radius 1 is 1.12 bits per heavy atom. The monoisotopic (exact) mass is 622 g/mol. The highest BCUT2D eigenvalue weighted by molar-refractivity contribution is 9.10. The van der Waals surface area contributed by atoms with Crippen LogP contribution < -0.4 is 20.1 Å². The van der Waals surface area contributed by atoms with E-state index in [1.807, 2.05) is 82.3 Å². The van der Waals surface area contributed by atoms with E-state index in [0.29, 0.717) is 44.8 Å². The molecule has 5 rings (SSSR count). The van der Waals surface area contributed by atoms with Gasteiger partial charge < -0.3 is 20.1 Å². The number of fused-ring (bicyclic) bond motifs is 1. The zero-order valence-corrected chi connectivity index (χ0v) is 24.8. The Labute approximate surface area is 245 Å². The Hall–Kier alpha value is -3.89. The van der Waals surface area contributed by atoms with Crippen LogP contribution in [-0.4, -0.2) is 32.7 Å². The van der Waals surface area contributed by atoms with Crippen molar-refractivity contribution in [2.45, 2.75) is 40.3 Å². The maximum absolute atomic E-state index is 13.8. The van der Waals surface area contributed by atoms with Crippen molar-refractivity contribution >= 4 is 45.1 Å². The minimum atomic E-state index is -0.634. The van der Waals surface area contributed by atoms with E-state index in [9.17, 15) is 4.79 Å². The fraction of sp³-hybridized carbons (Fsp3) is 0.241. The van der Waals surface area contributed by atoms with Crippen molar-refractivity contribution in [2.24, 2.45) is 0 Å². The van der Waals surface area contributed by atoms with Crippen LogP contribution in [0.5, 0.6) is 11.5 Å². The first-order valence-corrected chi connectivity index (χ1v) is 13.9. The summed E-state index contributed by atoms with van der Waals surface area (Å²) in [6.07, 6.45) is 0. The number of ether oxygens (including phenoxy) is 2. The van der Waals surface area contributed by atoms with Gasteiger partial charge in [-0.05, 0) is 89.4 Å². The quantitative estimate of drug-likeness (QED) is 0.228. The molecule has 2 N–H and O–H groups in total. The van der Waals surface area contributed by atoms with E-state index in [-0.39, 0.29) is 12.5 Å². The summed E-state index contributed by atoms with van der Waals surface area (Å²) in [6.45, 7) is 8.38. The number of aromatic nitrogens is 4. The van der Waals surface area contributed by atoms with Gasteiger partial charge in [-0.15, -0.1) is 0 Å². The van der Waals surface area contributed by atoms with Gasteiger partial charge in [0.15, 0.2) is 11.5 Å². The maximum Gasteiger partial charge on any atom is 0.255 e. The van der Waals surface area contributed by atoms with Crippen LogP contribution in [0.2, 0.25) is 5.02 Å². The second-order valence-corrected chi connectivity index (χ2v) is 10.7. The lowest BCUT2D eigenvalue weighted by Gasteiger charge is -2.29. The lowest BCUT2D eigenvalue weighted by molar-refractivity contribution is -0.113. The topological polar surface area (TPSA) is 103 Å². The first-order valence-electron chi connectivity index (χ1n) is 12.7. The summed E-state index contributed by atoms with van der Waals surface area (Å²) >= 11 is 10.0. The summed E-state index contributed by atoms with van der Waals surface area (Å²) in [5, 5.41) is 19.0. The van der Waals surface area contributed by atoms with Crippen molar-refractivity contribution < 1.29 is 14.3 Å². The summed E-state index contributed by atoms with van der Waals surface area (Å²) in [7, 11) is 0. The summed E-state index contributed by atoms with van der Waals surface area (Å²) in [6, 6.07) is 16.5. The number of aryl methyl sites for hydroxylation is 2. The second-order valence-electron chi connectivity index (χ2n) is 9.43. The fourth-order valence-electron chi connectivity index (χ4n) is 4.67. The van der Waals surface area contributed by atoms with Crippen molar-refractivity contribution in [3.63, 3.8) is 0 Å². The summed E-state index contributed by atoms with van der Waals surface area (Å²) < 4.78 is 14.4. The normalized spacial score (nSPS) is 14.4. The van der Waals surface area contributed by atoms with E-state index in [1.165, 1.54) is 0 Å². The summed E-state index contributed by atoms with van der Waals surface area (Å²) in [5.74, 6) is 1.20. The van der Waals surface area contributed by atoms with E-state index >= 15 is 0 Å². The summed E-state index contributed by atoms with van der Waals surface area (Å²) in [5.41, 5.74) is 5.52. The van der Waals surface area contributed by atoms with Crippen molar-refractivity contribution in [2.75, 3.05) is 17.2 Å². The number of amides is 1. The molecule has 9 nitrogen and oxygen atoms in total. The number of anilines is 2. The molecule has 0 saturated heterocycles. The number of benzene rings is 3. The molecule has 40 heavy (non-hydrogen) atoms. The fourth-order valence-corrected chi connectivity index (χ4v) is 5.44. The molecule has 3 aromatic carbocycles. The molecule has 0 saturated carbocycles. The van der Waals surface area contributed by atoms with E-state index in [1.54, 1.807) is 4.68 Å². The minimum absolute atomic E-state index is 0.255. The van der Waals surface area contributed by atoms with Gasteiger partial charge in [0.2, 0.25) is 5.95 Å². The molecule has 1 amide bonds. The zero-order chi connectivity index (χ0) is 28.4. The number of halogens is 2. The largest absolute Gasteiger partial charge is 0.490 e. The first kappa shape index (κ1) is 27.7. The molecule has 4 aromatic rings. The zero-order valence-electron chi connectivity index (χ0n) is 22.5. The number of hydrogen-bond donors (Lipinski definition) is 2. The molecule has 2 heterocycles. The Balaban J connectivity index is 1.54. The number of nitrogens with zero attached hydrogens (tertiary/aromatic N) is 4. The number of carbonyl (C=O) groups excluding carboxylic acids is 1. The average molecular weight is 624 g/mol. The van der Waals surface area contributed by atoms with Gasteiger partial charge in [0, 0.05) is 22.0 Å². The van der Waals surface area contributed by atoms with E-state index in [0.717, 1.165) is 27.9 Å². The highest BCUT2D eigenvalue weighted by Gasteiger charge is 2.35. The highest BCUT2D eigenvalue weighted by atomic mass is 79.9. The lowest BCUT2D eigenvalue weighted by atomic mass is 9.94. The van der Waals surface area contributed by atoms with Gasteiger partial charge >= 0.3 is 0 Å². The third kappa shape index (κ3) is 5.55. The van der Waals surface area contributed by atoms with Crippen LogP contribution in [0, 0.1) is 13.8 Å². The molecule has 1 aliphatic rings. The molecular formula is C29H28BrClN6O3. The Morgan fingerprint density at radius 3 is 2.67 bits per heavy atom. The van der Waals surface area contributed by atoms with Gasteiger partial charge in [0.1, 0.15) is 12.6 Å². The number of nitrogens with one attached hydrogen (secondary N) is 2. The number of hydrogen-bond acceptors (Lipinski definition) is 7. The SMILES string of the molecule is CCOc1cc(C2C(C(=O)Nc3ccc(C)cc3C)=C(C)Nc3nnnn32)cc(Br)c1OCc1ccccc1Cl. The van der Waals surface area contributed by atoms with Gasteiger partial charge in [0.25, 0.3) is 5.91 Å². The van der Waals surface area contributed by atoms with Gasteiger partial charge in [-0.3, -0.25) is 4.79 Å². The lowest BCUT2D eigenvalue weighted by Crippen LogP contribution is -2.31. The Kier molecular flexibility index (Phi) is 8.09. The highest BCUT2D eigenvalue weighted by Crippen LogP contribution is 2.43. The van der Waals surface area contributed by atoms with Gasteiger partial charge in [-0.25, -0.2) is 0 Å². The molecule has 0 spiro atoms. The Morgan fingerprint density at radius 2 is 1.93 bits per heavy atom. The minimum Gasteiger partial charge on any atom is -0.490 e. The number of tetrazole rings is 1. The predicted molar refractivity (Wildman–Crippen MR) is 158 cm³/mol. The van der Waals surface area contributed by atoms with Crippen LogP contribution in [0.4, 0.5) is 11.6 Å². The number of carbonyl (C=O) groups is 1. The molecule has 1 aromatic heterocycles. The molecule has 0 fully saturated rings. The van der Waals surface area contributed by atoms with Crippen molar-refractivity contribution in [1.82, 2.24) is 20.2 Å². The first-order chi connectivity index (χ1) is 19.3. The van der Waals surface area contributed by atoms with Crippen molar-refractivity contribution in [1.29, 1.82) is 0 Å². The molecule has 1 unspecified atom stereocenters. The van der Waals surface area contributed by atoms with Crippen LogP contribution in [0.15, 0.2) is 70.3 Å². The van der Waals surface area contributed by atoms with E-state index in [4.69, 9.17) is 21.1 Å². The van der Waals surface area contributed by atoms with Gasteiger partial charge in [-0.1, -0.05) is 52.6 Å². The van der Waals surface area contributed by atoms with Crippen LogP contribution in [-0.2, 0) is 11.4 Å². The predicted octanol–water partition coefficient (Wildman–Crippen LogP) is 6.61. The van der Waals surface area contributed by atoms with Crippen molar-refractivity contribution in [3.8, 4) is 11.5 Å². The molecule has 206 valence electrons. The van der Waals surface area contributed by atoms with E-state index in [2.05, 4.69) is 42.1 Å². The van der Waals surface area contributed by atoms with Crippen LogP contribution >= 0.6 is 27.5 Å². The summed E-state index contributed by atoms with van der Waals surface area (Å²) in [4.78, 5) is 13.8. The second kappa shape index (κ2) is 11.7. The molecule has 11 heteroatoms. The van der Waals surface area contributed by atoms with Crippen LogP contribution in [0.3, 0.4) is 0 Å². The molecular weight excluding hydrogens is 596 g/mol. The maximum atomic E-state index is 13.8. The third-order valence-electron chi connectivity index (χ3n) is 6.57. The Bertz CT molecular complexity index is 1620. The van der Waals surface area contributed by atoms with E-state index < -0.39 is 6.04 Å². The van der Waals surface area contributed by atoms with Gasteiger partial charge in [-0.2, -0.15) is 4.68 Å². The van der Waals surface area contributed by atoms with Crippen LogP contribution in [0.1, 0.15) is 42.1 Å². The molecule has 0 aliphatic carbocycles. The molecule has 0 bridgehead atoms. The third-order valence-corrected chi connectivity index (χ3v) is 7.52. The molecule has 0 radical (unpaired) electrons. The number of rotatable bonds is 8.